The molecule has 49 heavy (non-hydrogen) atoms. The van der Waals surface area contributed by atoms with Crippen LogP contribution < -0.4 is 31.3 Å². The van der Waals surface area contributed by atoms with E-state index >= 15 is 0 Å². The summed E-state index contributed by atoms with van der Waals surface area (Å²) in [6, 6.07) is 3.89. The lowest BCUT2D eigenvalue weighted by Gasteiger charge is -2.31. The number of anilines is 1. The maximum atomic E-state index is 12.9. The summed E-state index contributed by atoms with van der Waals surface area (Å²) in [6.07, 6.45) is -2.99. The van der Waals surface area contributed by atoms with E-state index in [0.717, 1.165) is 0 Å². The van der Waals surface area contributed by atoms with E-state index < -0.39 is 54.8 Å². The Hall–Kier alpha value is -4.36. The highest BCUT2D eigenvalue weighted by atomic mass is 16.7. The molecule has 1 aliphatic heterocycles. The lowest BCUT2D eigenvalue weighted by molar-refractivity contribution is -0.195. The minimum Gasteiger partial charge on any atom is -0.479 e. The van der Waals surface area contributed by atoms with Crippen molar-refractivity contribution in [3.63, 3.8) is 0 Å². The van der Waals surface area contributed by atoms with Crippen LogP contribution >= 0.6 is 0 Å². The number of aliphatic hydroxyl groups is 1. The van der Waals surface area contributed by atoms with Gasteiger partial charge in [-0.25, -0.2) is 4.79 Å². The number of methoxy groups -OCH3 is 1. The fraction of sp³-hybridized carbons (Fsp3) is 0.613. The Morgan fingerprint density at radius 2 is 1.71 bits per heavy atom. The number of ether oxygens (including phenoxy) is 5. The largest absolute Gasteiger partial charge is 0.479 e. The molecule has 7 N–H and O–H groups in total. The number of carboxylic acids is 1. The van der Waals surface area contributed by atoms with Gasteiger partial charge in [0, 0.05) is 32.9 Å². The SMILES string of the molecule is COCc1ccc(NC(=O)CNC(=O)C(NC(=O)CCOCCOCCNC(=O)CNC=O)C(C)C)c(OC2CC(O)CC(C(=O)O)O2)c1. The van der Waals surface area contributed by atoms with Crippen LogP contribution in [0.4, 0.5) is 5.69 Å². The molecule has 1 saturated heterocycles. The third-order valence-electron chi connectivity index (χ3n) is 6.88. The van der Waals surface area contributed by atoms with E-state index in [1.54, 1.807) is 32.0 Å². The maximum Gasteiger partial charge on any atom is 0.333 e. The summed E-state index contributed by atoms with van der Waals surface area (Å²) in [4.78, 5) is 71.1. The van der Waals surface area contributed by atoms with Crippen molar-refractivity contribution < 1.29 is 62.7 Å². The number of rotatable bonds is 23. The lowest BCUT2D eigenvalue weighted by atomic mass is 10.0. The summed E-state index contributed by atoms with van der Waals surface area (Å²) >= 11 is 0. The number of nitrogens with one attached hydrogen (secondary N) is 5. The molecule has 0 radical (unpaired) electrons. The normalized spacial score (nSPS) is 17.8. The zero-order valence-corrected chi connectivity index (χ0v) is 27.9. The van der Waals surface area contributed by atoms with Gasteiger partial charge >= 0.3 is 5.97 Å². The van der Waals surface area contributed by atoms with Gasteiger partial charge in [-0.3, -0.25) is 24.0 Å². The highest BCUT2D eigenvalue weighted by Gasteiger charge is 2.34. The minimum atomic E-state index is -1.26. The first-order valence-electron chi connectivity index (χ1n) is 15.7. The topological polar surface area (TPSA) is 249 Å². The molecule has 1 fully saturated rings. The zero-order chi connectivity index (χ0) is 36.2. The van der Waals surface area contributed by atoms with Crippen LogP contribution in [0.3, 0.4) is 0 Å². The van der Waals surface area contributed by atoms with Crippen LogP contribution in [-0.4, -0.2) is 124 Å². The van der Waals surface area contributed by atoms with Crippen LogP contribution in [0.5, 0.6) is 5.75 Å². The molecule has 1 aromatic carbocycles. The Morgan fingerprint density at radius 3 is 2.39 bits per heavy atom. The molecule has 0 aromatic heterocycles. The smallest absolute Gasteiger partial charge is 0.333 e. The molecule has 1 aromatic rings. The Morgan fingerprint density at radius 1 is 0.980 bits per heavy atom. The van der Waals surface area contributed by atoms with Gasteiger partial charge in [-0.1, -0.05) is 19.9 Å². The quantitative estimate of drug-likeness (QED) is 0.0517. The van der Waals surface area contributed by atoms with Gasteiger partial charge in [0.1, 0.15) is 11.8 Å². The number of carboxylic acid groups (broad SMARTS) is 1. The van der Waals surface area contributed by atoms with Crippen molar-refractivity contribution in [2.75, 3.05) is 58.5 Å². The van der Waals surface area contributed by atoms with Crippen molar-refractivity contribution in [1.29, 1.82) is 0 Å². The molecule has 1 heterocycles. The van der Waals surface area contributed by atoms with Crippen molar-refractivity contribution in [2.45, 2.75) is 64.3 Å². The number of carbonyl (C=O) groups is 6. The molecule has 0 aliphatic carbocycles. The Labute approximate surface area is 283 Å². The number of aliphatic hydroxyl groups excluding tert-OH is 1. The van der Waals surface area contributed by atoms with Crippen LogP contribution in [-0.2, 0) is 54.3 Å². The number of aliphatic carboxylic acids is 1. The minimum absolute atomic E-state index is 0.0105. The van der Waals surface area contributed by atoms with E-state index in [9.17, 15) is 39.0 Å². The average molecular weight is 698 g/mol. The fourth-order valence-electron chi connectivity index (χ4n) is 4.46. The summed E-state index contributed by atoms with van der Waals surface area (Å²) in [6.45, 7) is 4.18. The van der Waals surface area contributed by atoms with E-state index in [4.69, 9.17) is 23.7 Å². The molecule has 18 heteroatoms. The van der Waals surface area contributed by atoms with Crippen LogP contribution in [0.2, 0.25) is 0 Å². The van der Waals surface area contributed by atoms with Crippen LogP contribution in [0.25, 0.3) is 0 Å². The molecule has 0 saturated carbocycles. The molecule has 5 amide bonds. The predicted molar refractivity (Wildman–Crippen MR) is 171 cm³/mol. The molecule has 0 bridgehead atoms. The highest BCUT2D eigenvalue weighted by molar-refractivity contribution is 5.97. The molecular weight excluding hydrogens is 650 g/mol. The number of hydrogen-bond donors (Lipinski definition) is 7. The van der Waals surface area contributed by atoms with Gasteiger partial charge in [0.2, 0.25) is 36.3 Å². The summed E-state index contributed by atoms with van der Waals surface area (Å²) in [5, 5.41) is 32.0. The maximum absolute atomic E-state index is 12.9. The van der Waals surface area contributed by atoms with Gasteiger partial charge in [-0.2, -0.15) is 0 Å². The first kappa shape index (κ1) is 40.8. The van der Waals surface area contributed by atoms with Crippen LogP contribution in [0, 0.1) is 5.92 Å². The average Bonchev–Trinajstić information content (AvgIpc) is 3.05. The fourth-order valence-corrected chi connectivity index (χ4v) is 4.46. The number of carbonyl (C=O) groups excluding carboxylic acids is 5. The summed E-state index contributed by atoms with van der Waals surface area (Å²) < 4.78 is 27.2. The second-order valence-corrected chi connectivity index (χ2v) is 11.3. The monoisotopic (exact) mass is 697 g/mol. The molecular formula is C31H47N5O13. The van der Waals surface area contributed by atoms with Gasteiger partial charge in [0.25, 0.3) is 0 Å². The predicted octanol–water partition coefficient (Wildman–Crippen LogP) is -1.36. The third kappa shape index (κ3) is 16.1. The summed E-state index contributed by atoms with van der Waals surface area (Å²) in [7, 11) is 1.50. The van der Waals surface area contributed by atoms with E-state index in [-0.39, 0.29) is 88.6 Å². The van der Waals surface area contributed by atoms with Gasteiger partial charge in [-0.15, -0.1) is 0 Å². The van der Waals surface area contributed by atoms with Crippen molar-refractivity contribution in [3.8, 4) is 5.75 Å². The zero-order valence-electron chi connectivity index (χ0n) is 27.9. The molecule has 2 rings (SSSR count). The Balaban J connectivity index is 1.80. The van der Waals surface area contributed by atoms with E-state index in [1.165, 1.54) is 7.11 Å². The van der Waals surface area contributed by atoms with Gasteiger partial charge in [0.15, 0.2) is 6.10 Å². The van der Waals surface area contributed by atoms with E-state index in [0.29, 0.717) is 12.0 Å². The van der Waals surface area contributed by atoms with Gasteiger partial charge in [0.05, 0.1) is 57.9 Å². The van der Waals surface area contributed by atoms with Gasteiger partial charge < -0.3 is 60.5 Å². The number of amides is 5. The van der Waals surface area contributed by atoms with Crippen molar-refractivity contribution in [3.05, 3.63) is 23.8 Å². The molecule has 0 spiro atoms. The lowest BCUT2D eigenvalue weighted by Crippen LogP contribution is -2.51. The molecule has 1 aliphatic rings. The first-order valence-corrected chi connectivity index (χ1v) is 15.7. The summed E-state index contributed by atoms with van der Waals surface area (Å²) in [5.74, 6) is -3.34. The first-order chi connectivity index (χ1) is 23.4. The van der Waals surface area contributed by atoms with E-state index in [2.05, 4.69) is 26.6 Å². The summed E-state index contributed by atoms with van der Waals surface area (Å²) in [5.41, 5.74) is 0.900. The third-order valence-corrected chi connectivity index (χ3v) is 6.88. The van der Waals surface area contributed by atoms with Crippen molar-refractivity contribution in [2.24, 2.45) is 5.92 Å². The van der Waals surface area contributed by atoms with E-state index in [1.807, 2.05) is 0 Å². The Kier molecular flexibility index (Phi) is 18.6. The van der Waals surface area contributed by atoms with Gasteiger partial charge in [-0.05, 0) is 23.6 Å². The molecule has 274 valence electrons. The standard InChI is InChI=1S/C31H47N5O13/c1-19(2)29(36-25(39)6-8-46-10-11-47-9-7-33-26(40)15-32-18-37)30(42)34-16-27(41)35-22-5-4-20(17-45-3)12-23(22)48-28-14-21(38)13-24(49-28)31(43)44/h4-5,12,18-19,21,24,28-29,38H,6-11,13-17H2,1-3H3,(H,32,37)(H,33,40)(H,34,42)(H,35,41)(H,36,39)(H,43,44). The highest BCUT2D eigenvalue weighted by Crippen LogP contribution is 2.30. The van der Waals surface area contributed by atoms with Crippen LogP contribution in [0.15, 0.2) is 18.2 Å². The second-order valence-electron chi connectivity index (χ2n) is 11.3. The second kappa shape index (κ2) is 22.3. The number of hydrogen-bond acceptors (Lipinski definition) is 12. The van der Waals surface area contributed by atoms with Crippen molar-refractivity contribution in [1.82, 2.24) is 21.3 Å². The Bertz CT molecular complexity index is 1250. The number of benzene rings is 1. The molecule has 4 atom stereocenters. The molecule has 18 nitrogen and oxygen atoms in total. The van der Waals surface area contributed by atoms with Crippen LogP contribution in [0.1, 0.15) is 38.7 Å². The molecule has 4 unspecified atom stereocenters. The van der Waals surface area contributed by atoms with Crippen molar-refractivity contribution >= 4 is 41.7 Å².